The molecule has 90 valence electrons. The van der Waals surface area contributed by atoms with E-state index < -0.39 is 5.82 Å². The van der Waals surface area contributed by atoms with Crippen molar-refractivity contribution in [3.05, 3.63) is 48.2 Å². The Morgan fingerprint density at radius 3 is 2.88 bits per heavy atom. The first-order valence-corrected chi connectivity index (χ1v) is 5.42. The summed E-state index contributed by atoms with van der Waals surface area (Å²) in [5.41, 5.74) is 0.638. The van der Waals surface area contributed by atoms with Gasteiger partial charge in [0, 0.05) is 24.2 Å². The quantitative estimate of drug-likeness (QED) is 0.800. The van der Waals surface area contributed by atoms with E-state index in [4.69, 9.17) is 9.52 Å². The van der Waals surface area contributed by atoms with Crippen molar-refractivity contribution in [2.24, 2.45) is 0 Å². The van der Waals surface area contributed by atoms with Crippen molar-refractivity contribution in [3.8, 4) is 5.75 Å². The molecule has 1 aromatic carbocycles. The highest BCUT2D eigenvalue weighted by Gasteiger charge is 2.07. The minimum Gasteiger partial charge on any atom is -0.505 e. The highest BCUT2D eigenvalue weighted by molar-refractivity contribution is 5.47. The molecule has 0 aliphatic rings. The Labute approximate surface area is 98.9 Å². The van der Waals surface area contributed by atoms with Crippen molar-refractivity contribution in [2.45, 2.75) is 19.4 Å². The molecule has 0 aliphatic heterocycles. The summed E-state index contributed by atoms with van der Waals surface area (Å²) >= 11 is 0. The predicted molar refractivity (Wildman–Crippen MR) is 63.6 cm³/mol. The van der Waals surface area contributed by atoms with Crippen LogP contribution in [0, 0.1) is 5.82 Å². The van der Waals surface area contributed by atoms with Crippen LogP contribution in [0.1, 0.15) is 12.7 Å². The molecule has 2 aromatic rings. The largest absolute Gasteiger partial charge is 0.505 e. The number of phenols is 1. The van der Waals surface area contributed by atoms with Crippen LogP contribution >= 0.6 is 0 Å². The Morgan fingerprint density at radius 2 is 2.24 bits per heavy atom. The maximum absolute atomic E-state index is 13.1. The summed E-state index contributed by atoms with van der Waals surface area (Å²) in [6, 6.07) is 8.09. The number of furan rings is 1. The second-order valence-corrected chi connectivity index (χ2v) is 4.00. The van der Waals surface area contributed by atoms with Crippen molar-refractivity contribution < 1.29 is 13.9 Å². The first-order chi connectivity index (χ1) is 8.15. The number of halogens is 1. The lowest BCUT2D eigenvalue weighted by atomic mass is 10.2. The van der Waals surface area contributed by atoms with E-state index in [1.807, 2.05) is 19.1 Å². The number of benzene rings is 1. The zero-order valence-electron chi connectivity index (χ0n) is 9.48. The molecule has 3 nitrogen and oxygen atoms in total. The van der Waals surface area contributed by atoms with Crippen molar-refractivity contribution in [2.75, 3.05) is 5.32 Å². The minimum atomic E-state index is -0.625. The molecule has 2 N–H and O–H groups in total. The van der Waals surface area contributed by atoms with Crippen LogP contribution in [0.4, 0.5) is 10.1 Å². The van der Waals surface area contributed by atoms with E-state index in [1.165, 1.54) is 12.1 Å². The number of hydrogen-bond acceptors (Lipinski definition) is 3. The normalized spacial score (nSPS) is 12.4. The molecule has 1 unspecified atom stereocenters. The smallest absolute Gasteiger partial charge is 0.166 e. The molecule has 0 fully saturated rings. The van der Waals surface area contributed by atoms with Gasteiger partial charge < -0.3 is 14.8 Å². The van der Waals surface area contributed by atoms with E-state index in [1.54, 1.807) is 12.3 Å². The number of anilines is 1. The van der Waals surface area contributed by atoms with Crippen LogP contribution in [0.2, 0.25) is 0 Å². The average Bonchev–Trinajstić information content (AvgIpc) is 2.76. The number of nitrogens with one attached hydrogen (secondary N) is 1. The summed E-state index contributed by atoms with van der Waals surface area (Å²) < 4.78 is 18.3. The van der Waals surface area contributed by atoms with Crippen LogP contribution in [0.5, 0.6) is 5.75 Å². The third-order valence-electron chi connectivity index (χ3n) is 2.45. The van der Waals surface area contributed by atoms with Gasteiger partial charge in [-0.1, -0.05) is 0 Å². The van der Waals surface area contributed by atoms with E-state index in [0.29, 0.717) is 5.69 Å². The summed E-state index contributed by atoms with van der Waals surface area (Å²) in [5.74, 6) is -0.0845. The lowest BCUT2D eigenvalue weighted by Gasteiger charge is -2.14. The third-order valence-corrected chi connectivity index (χ3v) is 2.45. The minimum absolute atomic E-state index is 0.116. The molecule has 17 heavy (non-hydrogen) atoms. The third kappa shape index (κ3) is 3.00. The Bertz CT molecular complexity index is 482. The van der Waals surface area contributed by atoms with Gasteiger partial charge in [0.05, 0.1) is 6.26 Å². The van der Waals surface area contributed by atoms with Gasteiger partial charge in [0.1, 0.15) is 5.76 Å². The fraction of sp³-hybridized carbons (Fsp3) is 0.231. The fourth-order valence-electron chi connectivity index (χ4n) is 1.66. The maximum atomic E-state index is 13.1. The number of hydrogen-bond donors (Lipinski definition) is 2. The molecular formula is C13H14FNO2. The van der Waals surface area contributed by atoms with Crippen LogP contribution in [0.3, 0.4) is 0 Å². The molecule has 1 heterocycles. The molecule has 2 rings (SSSR count). The zero-order valence-corrected chi connectivity index (χ0v) is 9.48. The monoisotopic (exact) mass is 235 g/mol. The lowest BCUT2D eigenvalue weighted by molar-refractivity contribution is 0.432. The van der Waals surface area contributed by atoms with Crippen molar-refractivity contribution in [1.29, 1.82) is 0 Å². The van der Waals surface area contributed by atoms with Crippen LogP contribution in [-0.2, 0) is 6.42 Å². The molecule has 0 radical (unpaired) electrons. The maximum Gasteiger partial charge on any atom is 0.166 e. The zero-order chi connectivity index (χ0) is 12.3. The Kier molecular flexibility index (Phi) is 3.32. The molecule has 4 heteroatoms. The summed E-state index contributed by atoms with van der Waals surface area (Å²) in [5, 5.41) is 12.2. The first-order valence-electron chi connectivity index (χ1n) is 5.42. The highest BCUT2D eigenvalue weighted by atomic mass is 19.1. The second kappa shape index (κ2) is 4.91. The Morgan fingerprint density at radius 1 is 1.41 bits per heavy atom. The van der Waals surface area contributed by atoms with Gasteiger partial charge >= 0.3 is 0 Å². The molecule has 0 amide bonds. The standard InChI is InChI=1S/C13H14FNO2/c1-9(7-11-3-2-6-17-11)15-10-4-5-13(16)12(14)8-10/h2-6,8-9,15-16H,7H2,1H3. The Hall–Kier alpha value is -1.97. The lowest BCUT2D eigenvalue weighted by Crippen LogP contribution is -2.17. The van der Waals surface area contributed by atoms with Gasteiger partial charge in [0.2, 0.25) is 0 Å². The van der Waals surface area contributed by atoms with E-state index in [-0.39, 0.29) is 11.8 Å². The van der Waals surface area contributed by atoms with Crippen molar-refractivity contribution in [3.63, 3.8) is 0 Å². The summed E-state index contributed by atoms with van der Waals surface area (Å²) in [6.07, 6.45) is 2.35. The number of aromatic hydroxyl groups is 1. The second-order valence-electron chi connectivity index (χ2n) is 4.00. The summed E-state index contributed by atoms with van der Waals surface area (Å²) in [6.45, 7) is 1.98. The van der Waals surface area contributed by atoms with Crippen LogP contribution in [-0.4, -0.2) is 11.1 Å². The molecular weight excluding hydrogens is 221 g/mol. The predicted octanol–water partition coefficient (Wildman–Crippen LogP) is 3.17. The van der Waals surface area contributed by atoms with Gasteiger partial charge in [-0.3, -0.25) is 0 Å². The molecule has 1 atom stereocenters. The number of phenolic OH excluding ortho intramolecular Hbond substituents is 1. The average molecular weight is 235 g/mol. The Balaban J connectivity index is 1.98. The van der Waals surface area contributed by atoms with Crippen molar-refractivity contribution in [1.82, 2.24) is 0 Å². The topological polar surface area (TPSA) is 45.4 Å². The summed E-state index contributed by atoms with van der Waals surface area (Å²) in [7, 11) is 0. The van der Waals surface area contributed by atoms with Gasteiger partial charge in [0.15, 0.2) is 11.6 Å². The van der Waals surface area contributed by atoms with E-state index >= 15 is 0 Å². The van der Waals surface area contributed by atoms with Gasteiger partial charge in [-0.15, -0.1) is 0 Å². The van der Waals surface area contributed by atoms with Crippen molar-refractivity contribution >= 4 is 5.69 Å². The van der Waals surface area contributed by atoms with E-state index in [2.05, 4.69) is 5.32 Å². The molecule has 1 aromatic heterocycles. The summed E-state index contributed by atoms with van der Waals surface area (Å²) in [4.78, 5) is 0. The SMILES string of the molecule is CC(Cc1ccco1)Nc1ccc(O)c(F)c1. The van der Waals surface area contributed by atoms with Gasteiger partial charge in [-0.05, 0) is 31.2 Å². The molecule has 0 saturated heterocycles. The highest BCUT2D eigenvalue weighted by Crippen LogP contribution is 2.20. The van der Waals surface area contributed by atoms with Crippen LogP contribution in [0.25, 0.3) is 0 Å². The fourth-order valence-corrected chi connectivity index (χ4v) is 1.66. The van der Waals surface area contributed by atoms with Gasteiger partial charge in [-0.2, -0.15) is 0 Å². The molecule has 0 aliphatic carbocycles. The molecule has 0 bridgehead atoms. The van der Waals surface area contributed by atoms with Crippen LogP contribution < -0.4 is 5.32 Å². The first kappa shape index (κ1) is 11.5. The number of rotatable bonds is 4. The van der Waals surface area contributed by atoms with Gasteiger partial charge in [-0.25, -0.2) is 4.39 Å². The van der Waals surface area contributed by atoms with E-state index in [0.717, 1.165) is 12.2 Å². The molecule has 0 spiro atoms. The molecule has 0 saturated carbocycles. The van der Waals surface area contributed by atoms with Crippen LogP contribution in [0.15, 0.2) is 41.0 Å². The van der Waals surface area contributed by atoms with Gasteiger partial charge in [0.25, 0.3) is 0 Å². The van der Waals surface area contributed by atoms with E-state index in [9.17, 15) is 4.39 Å².